The van der Waals surface area contributed by atoms with Crippen LogP contribution >= 0.6 is 11.6 Å². The van der Waals surface area contributed by atoms with Crippen molar-refractivity contribution in [3.05, 3.63) is 70.3 Å². The molecule has 0 aliphatic carbocycles. The van der Waals surface area contributed by atoms with Gasteiger partial charge in [0.1, 0.15) is 0 Å². The number of carbonyl (C=O) groups is 2. The summed E-state index contributed by atoms with van der Waals surface area (Å²) in [6.07, 6.45) is 2.73. The Bertz CT molecular complexity index is 1140. The van der Waals surface area contributed by atoms with Gasteiger partial charge < -0.3 is 9.64 Å². The first-order chi connectivity index (χ1) is 15.2. The quantitative estimate of drug-likeness (QED) is 0.472. The van der Waals surface area contributed by atoms with Crippen LogP contribution in [0.15, 0.2) is 53.4 Å². The predicted octanol–water partition coefficient (Wildman–Crippen LogP) is 3.05. The smallest absolute Gasteiger partial charge is 0.331 e. The van der Waals surface area contributed by atoms with Crippen molar-refractivity contribution in [3.63, 3.8) is 0 Å². The van der Waals surface area contributed by atoms with Gasteiger partial charge >= 0.3 is 5.97 Å². The molecule has 7 nitrogen and oxygen atoms in total. The van der Waals surface area contributed by atoms with E-state index < -0.39 is 22.6 Å². The summed E-state index contributed by atoms with van der Waals surface area (Å²) in [6, 6.07) is 12.3. The number of rotatable bonds is 6. The fourth-order valence-electron chi connectivity index (χ4n) is 3.45. The number of aryl methyl sites for hydroxylation is 2. The molecule has 2 aromatic rings. The summed E-state index contributed by atoms with van der Waals surface area (Å²) < 4.78 is 32.3. The van der Waals surface area contributed by atoms with Crippen molar-refractivity contribution in [2.45, 2.75) is 18.7 Å². The van der Waals surface area contributed by atoms with E-state index in [-0.39, 0.29) is 37.0 Å². The van der Waals surface area contributed by atoms with Crippen molar-refractivity contribution in [1.82, 2.24) is 9.21 Å². The molecule has 1 heterocycles. The minimum absolute atomic E-state index is 0.182. The fraction of sp³-hybridized carbons (Fsp3) is 0.304. The second-order valence-corrected chi connectivity index (χ2v) is 9.83. The molecule has 0 bridgehead atoms. The van der Waals surface area contributed by atoms with Crippen LogP contribution in [0.25, 0.3) is 6.08 Å². The zero-order chi connectivity index (χ0) is 23.3. The lowest BCUT2D eigenvalue weighted by Gasteiger charge is -2.34. The molecule has 9 heteroatoms. The molecule has 1 amide bonds. The highest BCUT2D eigenvalue weighted by Gasteiger charge is 2.31. The lowest BCUT2D eigenvalue weighted by Crippen LogP contribution is -2.51. The molecule has 0 spiro atoms. The summed E-state index contributed by atoms with van der Waals surface area (Å²) in [5.41, 5.74) is 2.35. The maximum absolute atomic E-state index is 13.0. The van der Waals surface area contributed by atoms with Gasteiger partial charge in [-0.1, -0.05) is 47.5 Å². The molecule has 32 heavy (non-hydrogen) atoms. The van der Waals surface area contributed by atoms with E-state index in [9.17, 15) is 18.0 Å². The highest BCUT2D eigenvalue weighted by atomic mass is 35.5. The molecule has 1 aliphatic heterocycles. The summed E-state index contributed by atoms with van der Waals surface area (Å²) in [6.45, 7) is 4.10. The minimum atomic E-state index is -3.63. The number of esters is 1. The highest BCUT2D eigenvalue weighted by molar-refractivity contribution is 7.89. The van der Waals surface area contributed by atoms with Crippen LogP contribution in [0.5, 0.6) is 0 Å². The van der Waals surface area contributed by atoms with Crippen LogP contribution in [0, 0.1) is 13.8 Å². The average molecular weight is 477 g/mol. The van der Waals surface area contributed by atoms with Crippen LogP contribution < -0.4 is 0 Å². The standard InChI is InChI=1S/C23H25ClN2O5S/c1-17-7-9-21(18(2)15-17)32(29,30)26-13-11-25(12-14-26)22(27)16-31-23(28)10-8-19-5-3-4-6-20(19)24/h3-10,15H,11-14,16H2,1-2H3/b10-8+. The molecular formula is C23H25ClN2O5S. The van der Waals surface area contributed by atoms with Crippen molar-refractivity contribution in [2.24, 2.45) is 0 Å². The van der Waals surface area contributed by atoms with Crippen molar-refractivity contribution in [1.29, 1.82) is 0 Å². The lowest BCUT2D eigenvalue weighted by molar-refractivity contribution is -0.148. The molecule has 1 fully saturated rings. The van der Waals surface area contributed by atoms with E-state index in [1.165, 1.54) is 21.4 Å². The van der Waals surface area contributed by atoms with Gasteiger partial charge in [-0.25, -0.2) is 13.2 Å². The summed E-state index contributed by atoms with van der Waals surface area (Å²) >= 11 is 6.02. The van der Waals surface area contributed by atoms with Gasteiger partial charge in [-0.15, -0.1) is 0 Å². The molecule has 2 aromatic carbocycles. The number of benzene rings is 2. The molecule has 1 saturated heterocycles. The number of hydrogen-bond donors (Lipinski definition) is 0. The molecule has 1 aliphatic rings. The Hall–Kier alpha value is -2.68. The number of sulfonamides is 1. The number of halogens is 1. The number of ether oxygens (including phenoxy) is 1. The van der Waals surface area contributed by atoms with Crippen LogP contribution in [0.1, 0.15) is 16.7 Å². The van der Waals surface area contributed by atoms with E-state index in [1.54, 1.807) is 43.3 Å². The summed E-state index contributed by atoms with van der Waals surface area (Å²) in [5, 5.41) is 0.501. The Morgan fingerprint density at radius 3 is 2.41 bits per heavy atom. The van der Waals surface area contributed by atoms with Crippen LogP contribution in [-0.4, -0.2) is 62.3 Å². The second kappa shape index (κ2) is 10.3. The van der Waals surface area contributed by atoms with Crippen molar-refractivity contribution >= 4 is 39.6 Å². The Labute approximate surface area is 193 Å². The minimum Gasteiger partial charge on any atom is -0.452 e. The van der Waals surface area contributed by atoms with Crippen molar-refractivity contribution < 1.29 is 22.7 Å². The van der Waals surface area contributed by atoms with Gasteiger partial charge in [0.2, 0.25) is 10.0 Å². The first-order valence-corrected chi connectivity index (χ1v) is 11.9. The topological polar surface area (TPSA) is 84.0 Å². The molecule has 0 radical (unpaired) electrons. The molecular weight excluding hydrogens is 452 g/mol. The Kier molecular flexibility index (Phi) is 7.71. The van der Waals surface area contributed by atoms with Gasteiger partial charge in [0, 0.05) is 37.3 Å². The normalized spacial score (nSPS) is 15.2. The molecule has 0 atom stereocenters. The Balaban J connectivity index is 1.51. The number of amides is 1. The fourth-order valence-corrected chi connectivity index (χ4v) is 5.27. The first kappa shape index (κ1) is 24.0. The van der Waals surface area contributed by atoms with Gasteiger partial charge in [0.15, 0.2) is 6.61 Å². The monoisotopic (exact) mass is 476 g/mol. The number of carbonyl (C=O) groups excluding carboxylic acids is 2. The van der Waals surface area contributed by atoms with Crippen molar-refractivity contribution in [3.8, 4) is 0 Å². The largest absolute Gasteiger partial charge is 0.452 e. The van der Waals surface area contributed by atoms with Gasteiger partial charge in [-0.2, -0.15) is 4.31 Å². The van der Waals surface area contributed by atoms with Gasteiger partial charge in [0.25, 0.3) is 5.91 Å². The highest BCUT2D eigenvalue weighted by Crippen LogP contribution is 2.22. The molecule has 3 rings (SSSR count). The predicted molar refractivity (Wildman–Crippen MR) is 123 cm³/mol. The van der Waals surface area contributed by atoms with E-state index >= 15 is 0 Å². The summed E-state index contributed by atoms with van der Waals surface area (Å²) in [4.78, 5) is 26.1. The SMILES string of the molecule is Cc1ccc(S(=O)(=O)N2CCN(C(=O)COC(=O)/C=C/c3ccccc3Cl)CC2)c(C)c1. The number of hydrogen-bond acceptors (Lipinski definition) is 5. The average Bonchev–Trinajstić information content (AvgIpc) is 2.76. The van der Waals surface area contributed by atoms with E-state index in [2.05, 4.69) is 0 Å². The maximum atomic E-state index is 13.0. The third-order valence-electron chi connectivity index (χ3n) is 5.18. The molecule has 0 aromatic heterocycles. The maximum Gasteiger partial charge on any atom is 0.331 e. The Morgan fingerprint density at radius 2 is 1.75 bits per heavy atom. The summed E-state index contributed by atoms with van der Waals surface area (Å²) in [7, 11) is -3.63. The zero-order valence-electron chi connectivity index (χ0n) is 18.0. The van der Waals surface area contributed by atoms with Crippen molar-refractivity contribution in [2.75, 3.05) is 32.8 Å². The van der Waals surface area contributed by atoms with Gasteiger partial charge in [-0.3, -0.25) is 4.79 Å². The van der Waals surface area contributed by atoms with E-state index in [0.29, 0.717) is 16.1 Å². The first-order valence-electron chi connectivity index (χ1n) is 10.1. The summed E-state index contributed by atoms with van der Waals surface area (Å²) in [5.74, 6) is -1.03. The second-order valence-electron chi connectivity index (χ2n) is 7.52. The van der Waals surface area contributed by atoms with Crippen LogP contribution in [0.3, 0.4) is 0 Å². The molecule has 0 unspecified atom stereocenters. The van der Waals surface area contributed by atoms with E-state index in [4.69, 9.17) is 16.3 Å². The third kappa shape index (κ3) is 5.76. The van der Waals surface area contributed by atoms with E-state index in [1.807, 2.05) is 13.0 Å². The molecule has 0 N–H and O–H groups in total. The van der Waals surface area contributed by atoms with E-state index in [0.717, 1.165) is 5.56 Å². The number of piperazine rings is 1. The molecule has 0 saturated carbocycles. The van der Waals surface area contributed by atoms with Crippen LogP contribution in [0.2, 0.25) is 5.02 Å². The zero-order valence-corrected chi connectivity index (χ0v) is 19.5. The lowest BCUT2D eigenvalue weighted by atomic mass is 10.2. The van der Waals surface area contributed by atoms with Gasteiger partial charge in [0.05, 0.1) is 4.90 Å². The van der Waals surface area contributed by atoms with Gasteiger partial charge in [-0.05, 0) is 43.2 Å². The van der Waals surface area contributed by atoms with Crippen LogP contribution in [0.4, 0.5) is 0 Å². The molecule has 170 valence electrons. The number of nitrogens with zero attached hydrogens (tertiary/aromatic N) is 2. The third-order valence-corrected chi connectivity index (χ3v) is 7.58. The van der Waals surface area contributed by atoms with Crippen LogP contribution in [-0.2, 0) is 24.3 Å². The Morgan fingerprint density at radius 1 is 1.06 bits per heavy atom.